The Hall–Kier alpha value is -0.290. The van der Waals surface area contributed by atoms with E-state index in [0.29, 0.717) is 5.92 Å². The smallest absolute Gasteiger partial charge is 0.120 e. The number of halogens is 1. The Morgan fingerprint density at radius 3 is 2.69 bits per heavy atom. The normalized spacial score (nSPS) is 12.8. The lowest BCUT2D eigenvalue weighted by Crippen LogP contribution is -2.35. The lowest BCUT2D eigenvalue weighted by Gasteiger charge is -2.23. The van der Waals surface area contributed by atoms with E-state index in [1.165, 1.54) is 3.57 Å². The van der Waals surface area contributed by atoms with Crippen LogP contribution in [0.1, 0.15) is 20.8 Å². The fraction of sp³-hybridized carbons (Fsp3) is 0.538. The molecule has 0 radical (unpaired) electrons. The van der Waals surface area contributed by atoms with Crippen molar-refractivity contribution in [2.45, 2.75) is 26.9 Å². The Morgan fingerprint density at radius 2 is 2.12 bits per heavy atom. The summed E-state index contributed by atoms with van der Waals surface area (Å²) in [5, 5.41) is 3.34. The number of nitrogens with one attached hydrogen (secondary N) is 1. The standard InChI is InChI=1S/C13H20INO/c1-4-15-9-13(10(2)3)16-12-7-5-6-11(14)8-12/h5-8,10,13,15H,4,9H2,1-3H3. The minimum absolute atomic E-state index is 0.234. The average molecular weight is 333 g/mol. The first-order valence-corrected chi connectivity index (χ1v) is 6.84. The molecule has 0 heterocycles. The molecule has 0 aliphatic heterocycles. The molecule has 1 rings (SSSR count). The molecule has 1 unspecified atom stereocenters. The van der Waals surface area contributed by atoms with Crippen molar-refractivity contribution < 1.29 is 4.74 Å². The molecule has 0 amide bonds. The second-order valence-electron chi connectivity index (χ2n) is 4.17. The minimum Gasteiger partial charge on any atom is -0.489 e. The number of likely N-dealkylation sites (N-methyl/N-ethyl adjacent to an activating group) is 1. The molecule has 16 heavy (non-hydrogen) atoms. The molecule has 1 aromatic rings. The summed E-state index contributed by atoms with van der Waals surface area (Å²) in [4.78, 5) is 0. The predicted molar refractivity (Wildman–Crippen MR) is 77.0 cm³/mol. The van der Waals surface area contributed by atoms with Crippen molar-refractivity contribution in [3.63, 3.8) is 0 Å². The van der Waals surface area contributed by atoms with Crippen LogP contribution < -0.4 is 10.1 Å². The SMILES string of the molecule is CCNCC(Oc1cccc(I)c1)C(C)C. The van der Waals surface area contributed by atoms with E-state index in [0.717, 1.165) is 18.8 Å². The van der Waals surface area contributed by atoms with Gasteiger partial charge in [0.15, 0.2) is 0 Å². The molecular weight excluding hydrogens is 313 g/mol. The van der Waals surface area contributed by atoms with Gasteiger partial charge in [-0.3, -0.25) is 0 Å². The summed E-state index contributed by atoms with van der Waals surface area (Å²) in [5.41, 5.74) is 0. The minimum atomic E-state index is 0.234. The van der Waals surface area contributed by atoms with E-state index in [2.05, 4.69) is 60.8 Å². The van der Waals surface area contributed by atoms with Gasteiger partial charge in [0, 0.05) is 10.1 Å². The Morgan fingerprint density at radius 1 is 1.38 bits per heavy atom. The number of rotatable bonds is 6. The molecule has 0 aromatic heterocycles. The first-order chi connectivity index (χ1) is 7.63. The van der Waals surface area contributed by atoms with Gasteiger partial charge in [-0.2, -0.15) is 0 Å². The zero-order valence-corrected chi connectivity index (χ0v) is 12.3. The summed E-state index contributed by atoms with van der Waals surface area (Å²) >= 11 is 2.30. The van der Waals surface area contributed by atoms with Gasteiger partial charge in [0.1, 0.15) is 11.9 Å². The third kappa shape index (κ3) is 4.70. The van der Waals surface area contributed by atoms with Crippen LogP contribution in [0.2, 0.25) is 0 Å². The maximum absolute atomic E-state index is 5.99. The molecule has 0 bridgehead atoms. The average Bonchev–Trinajstić information content (AvgIpc) is 2.24. The van der Waals surface area contributed by atoms with Crippen molar-refractivity contribution in [2.75, 3.05) is 13.1 Å². The monoisotopic (exact) mass is 333 g/mol. The van der Waals surface area contributed by atoms with Gasteiger partial charge in [-0.15, -0.1) is 0 Å². The fourth-order valence-electron chi connectivity index (χ4n) is 1.42. The van der Waals surface area contributed by atoms with Gasteiger partial charge in [-0.1, -0.05) is 26.8 Å². The van der Waals surface area contributed by atoms with Crippen molar-refractivity contribution >= 4 is 22.6 Å². The Labute approximate surface area is 112 Å². The van der Waals surface area contributed by atoms with E-state index >= 15 is 0 Å². The van der Waals surface area contributed by atoms with E-state index in [4.69, 9.17) is 4.74 Å². The summed E-state index contributed by atoms with van der Waals surface area (Å²) in [5.74, 6) is 1.47. The summed E-state index contributed by atoms with van der Waals surface area (Å²) in [6.07, 6.45) is 0.234. The highest BCUT2D eigenvalue weighted by molar-refractivity contribution is 14.1. The molecule has 0 spiro atoms. The predicted octanol–water partition coefficient (Wildman–Crippen LogP) is 3.30. The number of ether oxygens (including phenoxy) is 1. The third-order valence-corrected chi connectivity index (χ3v) is 3.09. The zero-order valence-electron chi connectivity index (χ0n) is 10.2. The second kappa shape index (κ2) is 7.12. The molecule has 3 heteroatoms. The van der Waals surface area contributed by atoms with Crippen LogP contribution in [0.4, 0.5) is 0 Å². The van der Waals surface area contributed by atoms with Crippen LogP contribution in [-0.4, -0.2) is 19.2 Å². The number of hydrogen-bond donors (Lipinski definition) is 1. The molecule has 1 atom stereocenters. The summed E-state index contributed by atoms with van der Waals surface area (Å²) in [7, 11) is 0. The number of hydrogen-bond acceptors (Lipinski definition) is 2. The Balaban J connectivity index is 2.60. The Bertz CT molecular complexity index is 315. The van der Waals surface area contributed by atoms with Crippen LogP contribution in [0.15, 0.2) is 24.3 Å². The molecule has 0 saturated heterocycles. The van der Waals surface area contributed by atoms with Gasteiger partial charge >= 0.3 is 0 Å². The van der Waals surface area contributed by atoms with Gasteiger partial charge < -0.3 is 10.1 Å². The summed E-state index contributed by atoms with van der Waals surface area (Å²) in [6, 6.07) is 8.19. The molecule has 0 aliphatic rings. The van der Waals surface area contributed by atoms with Crippen molar-refractivity contribution in [3.05, 3.63) is 27.8 Å². The van der Waals surface area contributed by atoms with Crippen LogP contribution in [0.3, 0.4) is 0 Å². The van der Waals surface area contributed by atoms with Crippen molar-refractivity contribution in [3.8, 4) is 5.75 Å². The Kier molecular flexibility index (Phi) is 6.13. The molecule has 0 aliphatic carbocycles. The zero-order chi connectivity index (χ0) is 12.0. The first kappa shape index (κ1) is 13.8. The largest absolute Gasteiger partial charge is 0.489 e. The lowest BCUT2D eigenvalue weighted by molar-refractivity contribution is 0.149. The van der Waals surface area contributed by atoms with Crippen molar-refractivity contribution in [1.82, 2.24) is 5.32 Å². The highest BCUT2D eigenvalue weighted by Gasteiger charge is 2.14. The van der Waals surface area contributed by atoms with E-state index in [-0.39, 0.29) is 6.10 Å². The maximum Gasteiger partial charge on any atom is 0.120 e. The van der Waals surface area contributed by atoms with Gasteiger partial charge in [0.25, 0.3) is 0 Å². The van der Waals surface area contributed by atoms with Crippen molar-refractivity contribution in [2.24, 2.45) is 5.92 Å². The van der Waals surface area contributed by atoms with E-state index in [9.17, 15) is 0 Å². The van der Waals surface area contributed by atoms with Gasteiger partial charge in [-0.05, 0) is 53.3 Å². The van der Waals surface area contributed by atoms with Gasteiger partial charge in [0.05, 0.1) is 0 Å². The fourth-order valence-corrected chi connectivity index (χ4v) is 1.93. The van der Waals surface area contributed by atoms with Crippen LogP contribution >= 0.6 is 22.6 Å². The topological polar surface area (TPSA) is 21.3 Å². The first-order valence-electron chi connectivity index (χ1n) is 5.76. The molecule has 1 aromatic carbocycles. The molecule has 2 nitrogen and oxygen atoms in total. The highest BCUT2D eigenvalue weighted by Crippen LogP contribution is 2.18. The van der Waals surface area contributed by atoms with Gasteiger partial charge in [-0.25, -0.2) is 0 Å². The summed E-state index contributed by atoms with van der Waals surface area (Å²) in [6.45, 7) is 8.38. The molecule has 0 saturated carbocycles. The summed E-state index contributed by atoms with van der Waals surface area (Å²) < 4.78 is 7.20. The molecule has 1 N–H and O–H groups in total. The van der Waals surface area contributed by atoms with Gasteiger partial charge in [0.2, 0.25) is 0 Å². The highest BCUT2D eigenvalue weighted by atomic mass is 127. The van der Waals surface area contributed by atoms with E-state index in [1.807, 2.05) is 12.1 Å². The number of benzene rings is 1. The van der Waals surface area contributed by atoms with E-state index < -0.39 is 0 Å². The molecule has 90 valence electrons. The van der Waals surface area contributed by atoms with Crippen LogP contribution in [-0.2, 0) is 0 Å². The lowest BCUT2D eigenvalue weighted by atomic mass is 10.1. The third-order valence-electron chi connectivity index (χ3n) is 2.42. The van der Waals surface area contributed by atoms with Crippen molar-refractivity contribution in [1.29, 1.82) is 0 Å². The maximum atomic E-state index is 5.99. The molecular formula is C13H20INO. The van der Waals surface area contributed by atoms with Crippen LogP contribution in [0, 0.1) is 9.49 Å². The second-order valence-corrected chi connectivity index (χ2v) is 5.41. The van der Waals surface area contributed by atoms with Crippen LogP contribution in [0.5, 0.6) is 5.75 Å². The van der Waals surface area contributed by atoms with Crippen LogP contribution in [0.25, 0.3) is 0 Å². The quantitative estimate of drug-likeness (QED) is 0.807. The van der Waals surface area contributed by atoms with E-state index in [1.54, 1.807) is 0 Å². The molecule has 0 fully saturated rings.